The predicted octanol–water partition coefficient (Wildman–Crippen LogP) is 5.76. The molecule has 0 saturated heterocycles. The molecular formula is C24H21FN4O2S2. The molecule has 4 aromatic rings. The van der Waals surface area contributed by atoms with Crippen molar-refractivity contribution >= 4 is 44.8 Å². The first-order chi connectivity index (χ1) is 15.8. The zero-order valence-electron chi connectivity index (χ0n) is 18.2. The Morgan fingerprint density at radius 3 is 2.39 bits per heavy atom. The number of hydrogen-bond donors (Lipinski definition) is 2. The standard InChI is InChI=1S/C24H21FN4O2S2/c1-13-8-15(3)18(9-14(13)2)20-12-33-24(27-20)28-21(30)10-16-11-32-23(26-16)29-22(31)17-6-4-5-7-19(17)25/h4-9,11-12H,10H2,1-3H3,(H,26,29,31)(H,27,28,30). The number of aryl methyl sites for hydroxylation is 3. The molecule has 0 unspecified atom stereocenters. The van der Waals surface area contributed by atoms with Gasteiger partial charge in [0.2, 0.25) is 5.91 Å². The topological polar surface area (TPSA) is 84.0 Å². The molecule has 6 nitrogen and oxygen atoms in total. The van der Waals surface area contributed by atoms with E-state index in [4.69, 9.17) is 0 Å². The van der Waals surface area contributed by atoms with Crippen LogP contribution in [0.3, 0.4) is 0 Å². The van der Waals surface area contributed by atoms with Crippen molar-refractivity contribution in [2.24, 2.45) is 0 Å². The zero-order chi connectivity index (χ0) is 23.5. The summed E-state index contributed by atoms with van der Waals surface area (Å²) in [6.45, 7) is 6.19. The Morgan fingerprint density at radius 1 is 0.909 bits per heavy atom. The molecular weight excluding hydrogens is 459 g/mol. The van der Waals surface area contributed by atoms with Crippen molar-refractivity contribution < 1.29 is 14.0 Å². The van der Waals surface area contributed by atoms with Crippen molar-refractivity contribution in [1.82, 2.24) is 9.97 Å². The molecule has 0 aliphatic rings. The average molecular weight is 481 g/mol. The molecule has 0 atom stereocenters. The molecule has 0 aliphatic carbocycles. The van der Waals surface area contributed by atoms with E-state index in [1.54, 1.807) is 11.4 Å². The quantitative estimate of drug-likeness (QED) is 0.367. The Balaban J connectivity index is 1.38. The van der Waals surface area contributed by atoms with Crippen molar-refractivity contribution in [2.45, 2.75) is 27.2 Å². The number of aromatic nitrogens is 2. The SMILES string of the molecule is Cc1cc(C)c(-c2csc(NC(=O)Cc3csc(NC(=O)c4ccccc4F)n3)n2)cc1C. The number of rotatable bonds is 6. The van der Waals surface area contributed by atoms with E-state index in [2.05, 4.69) is 46.6 Å². The van der Waals surface area contributed by atoms with Gasteiger partial charge in [0.15, 0.2) is 10.3 Å². The van der Waals surface area contributed by atoms with Crippen molar-refractivity contribution in [1.29, 1.82) is 0 Å². The summed E-state index contributed by atoms with van der Waals surface area (Å²) in [4.78, 5) is 33.5. The van der Waals surface area contributed by atoms with Gasteiger partial charge in [-0.25, -0.2) is 14.4 Å². The first-order valence-electron chi connectivity index (χ1n) is 10.1. The van der Waals surface area contributed by atoms with Gasteiger partial charge in [-0.3, -0.25) is 14.9 Å². The summed E-state index contributed by atoms with van der Waals surface area (Å²) in [6.07, 6.45) is 0.0314. The molecule has 0 bridgehead atoms. The molecule has 2 heterocycles. The monoisotopic (exact) mass is 480 g/mol. The minimum Gasteiger partial charge on any atom is -0.302 e. The fourth-order valence-electron chi connectivity index (χ4n) is 3.27. The van der Waals surface area contributed by atoms with Crippen LogP contribution < -0.4 is 10.6 Å². The molecule has 4 rings (SSSR count). The van der Waals surface area contributed by atoms with Crippen LogP contribution in [0.5, 0.6) is 0 Å². The van der Waals surface area contributed by atoms with Crippen LogP contribution in [0, 0.1) is 26.6 Å². The van der Waals surface area contributed by atoms with Crippen LogP contribution in [-0.4, -0.2) is 21.8 Å². The van der Waals surface area contributed by atoms with Gasteiger partial charge in [0.1, 0.15) is 5.82 Å². The number of carbonyl (C=O) groups is 2. The maximum absolute atomic E-state index is 13.8. The van der Waals surface area contributed by atoms with Crippen LogP contribution >= 0.6 is 22.7 Å². The van der Waals surface area contributed by atoms with Gasteiger partial charge in [-0.2, -0.15) is 0 Å². The normalized spacial score (nSPS) is 10.8. The lowest BCUT2D eigenvalue weighted by molar-refractivity contribution is -0.115. The Kier molecular flexibility index (Phi) is 6.62. The number of hydrogen-bond acceptors (Lipinski definition) is 6. The van der Waals surface area contributed by atoms with Gasteiger partial charge in [-0.15, -0.1) is 22.7 Å². The second kappa shape index (κ2) is 9.60. The number of nitrogens with one attached hydrogen (secondary N) is 2. The van der Waals surface area contributed by atoms with Gasteiger partial charge in [0.25, 0.3) is 5.91 Å². The lowest BCUT2D eigenvalue weighted by Gasteiger charge is -2.07. The molecule has 0 spiro atoms. The van der Waals surface area contributed by atoms with Crippen LogP contribution in [0.1, 0.15) is 32.7 Å². The summed E-state index contributed by atoms with van der Waals surface area (Å²) in [6, 6.07) is 9.96. The Bertz CT molecular complexity index is 1350. The second-order valence-corrected chi connectivity index (χ2v) is 9.31. The summed E-state index contributed by atoms with van der Waals surface area (Å²) in [5.41, 5.74) is 5.86. The van der Waals surface area contributed by atoms with Crippen LogP contribution in [0.15, 0.2) is 47.2 Å². The largest absolute Gasteiger partial charge is 0.302 e. The van der Waals surface area contributed by atoms with Crippen LogP contribution in [0.2, 0.25) is 0 Å². The van der Waals surface area contributed by atoms with E-state index < -0.39 is 11.7 Å². The first-order valence-corrected chi connectivity index (χ1v) is 11.9. The van der Waals surface area contributed by atoms with E-state index in [1.807, 2.05) is 12.3 Å². The smallest absolute Gasteiger partial charge is 0.260 e. The molecule has 0 aliphatic heterocycles. The van der Waals surface area contributed by atoms with E-state index in [0.717, 1.165) is 16.8 Å². The number of anilines is 2. The summed E-state index contributed by atoms with van der Waals surface area (Å²) >= 11 is 2.53. The third-order valence-corrected chi connectivity index (χ3v) is 6.66. The summed E-state index contributed by atoms with van der Waals surface area (Å²) < 4.78 is 13.8. The molecule has 9 heteroatoms. The molecule has 2 aromatic carbocycles. The second-order valence-electron chi connectivity index (χ2n) is 7.59. The van der Waals surface area contributed by atoms with E-state index in [0.29, 0.717) is 16.0 Å². The third kappa shape index (κ3) is 5.32. The van der Waals surface area contributed by atoms with E-state index in [9.17, 15) is 14.0 Å². The van der Waals surface area contributed by atoms with Crippen LogP contribution in [0.25, 0.3) is 11.3 Å². The van der Waals surface area contributed by atoms with Crippen LogP contribution in [0.4, 0.5) is 14.7 Å². The molecule has 33 heavy (non-hydrogen) atoms. The predicted molar refractivity (Wildman–Crippen MR) is 131 cm³/mol. The number of benzene rings is 2. The average Bonchev–Trinajstić information content (AvgIpc) is 3.40. The van der Waals surface area contributed by atoms with Gasteiger partial charge >= 0.3 is 0 Å². The Morgan fingerprint density at radius 2 is 1.61 bits per heavy atom. The highest BCUT2D eigenvalue weighted by Crippen LogP contribution is 2.29. The van der Waals surface area contributed by atoms with E-state index in [-0.39, 0.29) is 17.9 Å². The van der Waals surface area contributed by atoms with Gasteiger partial charge in [0.05, 0.1) is 23.4 Å². The third-order valence-electron chi connectivity index (χ3n) is 5.10. The molecule has 0 saturated carbocycles. The minimum absolute atomic E-state index is 0.0314. The van der Waals surface area contributed by atoms with Gasteiger partial charge in [-0.05, 0) is 55.7 Å². The van der Waals surface area contributed by atoms with Gasteiger partial charge in [0, 0.05) is 16.3 Å². The van der Waals surface area contributed by atoms with Crippen molar-refractivity contribution in [3.05, 3.63) is 80.9 Å². The lowest BCUT2D eigenvalue weighted by Crippen LogP contribution is -2.15. The molecule has 0 radical (unpaired) electrons. The first kappa shape index (κ1) is 22.8. The number of carbonyl (C=O) groups excluding carboxylic acids is 2. The fraction of sp³-hybridized carbons (Fsp3) is 0.167. The fourth-order valence-corrected chi connectivity index (χ4v) is 4.71. The highest BCUT2D eigenvalue weighted by Gasteiger charge is 2.15. The maximum atomic E-state index is 13.8. The number of halogens is 1. The van der Waals surface area contributed by atoms with Gasteiger partial charge < -0.3 is 5.32 Å². The van der Waals surface area contributed by atoms with Crippen molar-refractivity contribution in [2.75, 3.05) is 10.6 Å². The van der Waals surface area contributed by atoms with Gasteiger partial charge in [-0.1, -0.05) is 18.2 Å². The molecule has 168 valence electrons. The zero-order valence-corrected chi connectivity index (χ0v) is 19.9. The lowest BCUT2D eigenvalue weighted by atomic mass is 9.99. The Hall–Kier alpha value is -3.43. The van der Waals surface area contributed by atoms with E-state index in [1.165, 1.54) is 52.0 Å². The minimum atomic E-state index is -0.607. The summed E-state index contributed by atoms with van der Waals surface area (Å²) in [7, 11) is 0. The molecule has 2 aromatic heterocycles. The van der Waals surface area contributed by atoms with Crippen molar-refractivity contribution in [3.8, 4) is 11.3 Å². The molecule has 2 amide bonds. The van der Waals surface area contributed by atoms with E-state index >= 15 is 0 Å². The Labute approximate surface area is 198 Å². The van der Waals surface area contributed by atoms with Crippen LogP contribution in [-0.2, 0) is 11.2 Å². The highest BCUT2D eigenvalue weighted by molar-refractivity contribution is 7.14. The molecule has 2 N–H and O–H groups in total. The number of amides is 2. The number of nitrogens with zero attached hydrogens (tertiary/aromatic N) is 2. The maximum Gasteiger partial charge on any atom is 0.260 e. The highest BCUT2D eigenvalue weighted by atomic mass is 32.1. The summed E-state index contributed by atoms with van der Waals surface area (Å²) in [5, 5.41) is 9.78. The molecule has 0 fully saturated rings. The van der Waals surface area contributed by atoms with Crippen molar-refractivity contribution in [3.63, 3.8) is 0 Å². The number of thiazole rings is 2. The summed E-state index contributed by atoms with van der Waals surface area (Å²) in [5.74, 6) is -1.45.